The molecule has 0 aliphatic carbocycles. The number of aryl methyl sites for hydroxylation is 1. The molecule has 0 atom stereocenters. The number of hydrogen-bond donors (Lipinski definition) is 0. The molecule has 0 N–H and O–H groups in total. The van der Waals surface area contributed by atoms with Gasteiger partial charge in [-0.3, -0.25) is 4.79 Å². The number of hydrogen-bond acceptors (Lipinski definition) is 3. The third-order valence-electron chi connectivity index (χ3n) is 2.81. The molecule has 2 rings (SSSR count). The summed E-state index contributed by atoms with van der Waals surface area (Å²) < 4.78 is 1.84. The van der Waals surface area contributed by atoms with Crippen LogP contribution in [0.3, 0.4) is 0 Å². The molecule has 19 heavy (non-hydrogen) atoms. The number of halogens is 2. The Kier molecular flexibility index (Phi) is 4.81. The third-order valence-corrected chi connectivity index (χ3v) is 5.15. The molecule has 0 bridgehead atoms. The van der Waals surface area contributed by atoms with Crippen molar-refractivity contribution in [2.45, 2.75) is 6.92 Å². The van der Waals surface area contributed by atoms with Crippen molar-refractivity contribution in [2.24, 2.45) is 0 Å². The van der Waals surface area contributed by atoms with Crippen LogP contribution in [0.25, 0.3) is 0 Å². The lowest BCUT2D eigenvalue weighted by Crippen LogP contribution is -2.25. The number of ketones is 1. The monoisotopic (exact) mass is 401 g/mol. The molecule has 1 aromatic heterocycles. The summed E-state index contributed by atoms with van der Waals surface area (Å²) in [6.07, 6.45) is 0. The Morgan fingerprint density at radius 2 is 1.89 bits per heavy atom. The zero-order chi connectivity index (χ0) is 14.0. The van der Waals surface area contributed by atoms with E-state index < -0.39 is 0 Å². The van der Waals surface area contributed by atoms with E-state index in [2.05, 4.69) is 38.8 Å². The summed E-state index contributed by atoms with van der Waals surface area (Å²) in [4.78, 5) is 14.2. The number of carbonyl (C=O) groups excluding carboxylic acids is 1. The highest BCUT2D eigenvalue weighted by Crippen LogP contribution is 2.32. The Bertz CT molecular complexity index is 592. The zero-order valence-electron chi connectivity index (χ0n) is 10.6. The molecule has 1 heterocycles. The number of likely N-dealkylation sites (N-methyl/N-ethyl adjacent to an activating group) is 1. The summed E-state index contributed by atoms with van der Waals surface area (Å²) >= 11 is 8.33. The zero-order valence-corrected chi connectivity index (χ0v) is 14.6. The SMILES string of the molecule is Cc1ccc(N(C)CC(=O)c2cc(Br)sc2Br)cc1. The van der Waals surface area contributed by atoms with E-state index in [0.717, 1.165) is 18.8 Å². The molecule has 0 fully saturated rings. The second-order valence-corrected chi connectivity index (χ2v) is 8.10. The van der Waals surface area contributed by atoms with Gasteiger partial charge in [0.1, 0.15) is 0 Å². The van der Waals surface area contributed by atoms with Gasteiger partial charge in [0.15, 0.2) is 5.78 Å². The highest BCUT2D eigenvalue weighted by atomic mass is 79.9. The highest BCUT2D eigenvalue weighted by Gasteiger charge is 2.15. The summed E-state index contributed by atoms with van der Waals surface area (Å²) in [5.74, 6) is 0.108. The first-order chi connectivity index (χ1) is 8.97. The second-order valence-electron chi connectivity index (χ2n) is 4.35. The van der Waals surface area contributed by atoms with Gasteiger partial charge in [0.05, 0.1) is 14.1 Å². The minimum absolute atomic E-state index is 0.108. The number of nitrogens with zero attached hydrogens (tertiary/aromatic N) is 1. The van der Waals surface area contributed by atoms with Crippen molar-refractivity contribution >= 4 is 54.7 Å². The van der Waals surface area contributed by atoms with Crippen molar-refractivity contribution in [2.75, 3.05) is 18.5 Å². The molecule has 1 aromatic carbocycles. The number of thiophene rings is 1. The molecule has 0 aliphatic rings. The van der Waals surface area contributed by atoms with E-state index in [1.807, 2.05) is 42.3 Å². The van der Waals surface area contributed by atoms with Crippen LogP contribution in [0.15, 0.2) is 37.9 Å². The first-order valence-corrected chi connectivity index (χ1v) is 8.13. The molecule has 0 amide bonds. The van der Waals surface area contributed by atoms with Gasteiger partial charge >= 0.3 is 0 Å². The Labute approximate surface area is 133 Å². The first kappa shape index (κ1) is 14.8. The van der Waals surface area contributed by atoms with Crippen molar-refractivity contribution in [1.29, 1.82) is 0 Å². The van der Waals surface area contributed by atoms with Crippen LogP contribution in [-0.2, 0) is 0 Å². The summed E-state index contributed by atoms with van der Waals surface area (Å²) in [5.41, 5.74) is 2.99. The fourth-order valence-electron chi connectivity index (χ4n) is 1.72. The van der Waals surface area contributed by atoms with Crippen molar-refractivity contribution < 1.29 is 4.79 Å². The van der Waals surface area contributed by atoms with Gasteiger partial charge < -0.3 is 4.90 Å². The molecule has 0 saturated heterocycles. The summed E-state index contributed by atoms with van der Waals surface area (Å²) in [5, 5.41) is 0. The van der Waals surface area contributed by atoms with Crippen LogP contribution >= 0.6 is 43.2 Å². The van der Waals surface area contributed by atoms with E-state index >= 15 is 0 Å². The second kappa shape index (κ2) is 6.20. The molecule has 0 aliphatic heterocycles. The third kappa shape index (κ3) is 3.68. The van der Waals surface area contributed by atoms with E-state index in [1.165, 1.54) is 16.9 Å². The quantitative estimate of drug-likeness (QED) is 0.677. The normalized spacial score (nSPS) is 10.5. The summed E-state index contributed by atoms with van der Waals surface area (Å²) in [7, 11) is 1.93. The maximum Gasteiger partial charge on any atom is 0.184 e. The van der Waals surface area contributed by atoms with Crippen LogP contribution in [0.4, 0.5) is 5.69 Å². The van der Waals surface area contributed by atoms with E-state index in [0.29, 0.717) is 6.54 Å². The molecule has 2 aromatic rings. The standard InChI is InChI=1S/C14H13Br2NOS/c1-9-3-5-10(6-4-9)17(2)8-12(18)11-7-13(15)19-14(11)16/h3-7H,8H2,1-2H3. The van der Waals surface area contributed by atoms with E-state index in [4.69, 9.17) is 0 Å². The molecule has 0 spiro atoms. The Morgan fingerprint density at radius 3 is 2.42 bits per heavy atom. The van der Waals surface area contributed by atoms with Gasteiger partial charge in [0.2, 0.25) is 0 Å². The molecule has 0 unspecified atom stereocenters. The van der Waals surface area contributed by atoms with Crippen molar-refractivity contribution in [3.8, 4) is 0 Å². The molecule has 0 saturated carbocycles. The molecular formula is C14H13Br2NOS. The van der Waals surface area contributed by atoms with Crippen LogP contribution in [0.5, 0.6) is 0 Å². The van der Waals surface area contributed by atoms with E-state index in [-0.39, 0.29) is 5.78 Å². The largest absolute Gasteiger partial charge is 0.367 e. The topological polar surface area (TPSA) is 20.3 Å². The lowest BCUT2D eigenvalue weighted by molar-refractivity contribution is 0.1000. The number of anilines is 1. The Hall–Kier alpha value is -0.650. The molecule has 100 valence electrons. The fraction of sp³-hybridized carbons (Fsp3) is 0.214. The van der Waals surface area contributed by atoms with E-state index in [9.17, 15) is 4.79 Å². The lowest BCUT2D eigenvalue weighted by Gasteiger charge is -2.18. The minimum Gasteiger partial charge on any atom is -0.367 e. The van der Waals surface area contributed by atoms with Crippen molar-refractivity contribution in [3.63, 3.8) is 0 Å². The molecule has 2 nitrogen and oxygen atoms in total. The minimum atomic E-state index is 0.108. The summed E-state index contributed by atoms with van der Waals surface area (Å²) in [6, 6.07) is 10.0. The van der Waals surface area contributed by atoms with Crippen LogP contribution in [0, 0.1) is 6.92 Å². The number of carbonyl (C=O) groups is 1. The highest BCUT2D eigenvalue weighted by molar-refractivity contribution is 9.12. The van der Waals surface area contributed by atoms with Gasteiger partial charge in [0, 0.05) is 18.3 Å². The molecule has 5 heteroatoms. The maximum absolute atomic E-state index is 12.2. The van der Waals surface area contributed by atoms with Crippen LogP contribution in [0.2, 0.25) is 0 Å². The first-order valence-electron chi connectivity index (χ1n) is 5.73. The average Bonchev–Trinajstić information content (AvgIpc) is 2.69. The number of rotatable bonds is 4. The van der Waals surface area contributed by atoms with Gasteiger partial charge in [0.25, 0.3) is 0 Å². The molecular weight excluding hydrogens is 390 g/mol. The predicted octanol–water partition coefficient (Wildman–Crippen LogP) is 4.90. The van der Waals surface area contributed by atoms with E-state index in [1.54, 1.807) is 0 Å². The maximum atomic E-state index is 12.2. The molecule has 0 radical (unpaired) electrons. The summed E-state index contributed by atoms with van der Waals surface area (Å²) in [6.45, 7) is 2.42. The Morgan fingerprint density at radius 1 is 1.26 bits per heavy atom. The van der Waals surface area contributed by atoms with Crippen molar-refractivity contribution in [1.82, 2.24) is 0 Å². The van der Waals surface area contributed by atoms with Crippen LogP contribution in [-0.4, -0.2) is 19.4 Å². The van der Waals surface area contributed by atoms with Crippen molar-refractivity contribution in [3.05, 3.63) is 49.0 Å². The number of Topliss-reactive ketones (excluding diaryl/α,β-unsaturated/α-hetero) is 1. The van der Waals surface area contributed by atoms with Crippen LogP contribution in [0.1, 0.15) is 15.9 Å². The predicted molar refractivity (Wildman–Crippen MR) is 88.5 cm³/mol. The van der Waals surface area contributed by atoms with Gasteiger partial charge in [-0.05, 0) is 57.0 Å². The van der Waals surface area contributed by atoms with Gasteiger partial charge in [-0.15, -0.1) is 11.3 Å². The lowest BCUT2D eigenvalue weighted by atomic mass is 10.2. The van der Waals surface area contributed by atoms with Gasteiger partial charge in [-0.2, -0.15) is 0 Å². The van der Waals surface area contributed by atoms with Crippen LogP contribution < -0.4 is 4.90 Å². The van der Waals surface area contributed by atoms with Gasteiger partial charge in [-0.1, -0.05) is 17.7 Å². The number of benzene rings is 1. The fourth-order valence-corrected chi connectivity index (χ4v) is 4.58. The van der Waals surface area contributed by atoms with Gasteiger partial charge in [-0.25, -0.2) is 0 Å². The Balaban J connectivity index is 2.10. The average molecular weight is 403 g/mol. The smallest absolute Gasteiger partial charge is 0.184 e.